The monoisotopic (exact) mass is 302 g/mol. The van der Waals surface area contributed by atoms with Gasteiger partial charge in [0, 0.05) is 0 Å². The van der Waals surface area contributed by atoms with E-state index < -0.39 is 11.6 Å². The van der Waals surface area contributed by atoms with Gasteiger partial charge >= 0.3 is 0 Å². The molecule has 22 heavy (non-hydrogen) atoms. The minimum atomic E-state index is -0.806. The van der Waals surface area contributed by atoms with Gasteiger partial charge in [0.1, 0.15) is 5.82 Å². The molecule has 1 aliphatic carbocycles. The van der Waals surface area contributed by atoms with E-state index >= 15 is 0 Å². The normalized spacial score (nSPS) is 17.7. The summed E-state index contributed by atoms with van der Waals surface area (Å²) in [6.07, 6.45) is 5.34. The maximum Gasteiger partial charge on any atom is 0.162 e. The first-order valence-corrected chi connectivity index (χ1v) is 7.48. The molecule has 2 aromatic rings. The van der Waals surface area contributed by atoms with Crippen LogP contribution in [0.2, 0.25) is 0 Å². The van der Waals surface area contributed by atoms with Crippen molar-refractivity contribution in [2.75, 3.05) is 0 Å². The SMILES string of the molecule is C/C=C/c1ccc(C2CCc3c(ccc(F)c3F)C2)c(F)c1. The first kappa shape index (κ1) is 14.9. The molecule has 2 aromatic carbocycles. The van der Waals surface area contributed by atoms with Gasteiger partial charge in [-0.15, -0.1) is 0 Å². The van der Waals surface area contributed by atoms with Gasteiger partial charge in [0.15, 0.2) is 11.6 Å². The lowest BCUT2D eigenvalue weighted by atomic mass is 9.79. The van der Waals surface area contributed by atoms with Gasteiger partial charge in [-0.2, -0.15) is 0 Å². The smallest absolute Gasteiger partial charge is 0.162 e. The summed E-state index contributed by atoms with van der Waals surface area (Å²) in [6, 6.07) is 7.99. The van der Waals surface area contributed by atoms with Gasteiger partial charge in [0.25, 0.3) is 0 Å². The molecule has 0 saturated carbocycles. The number of fused-ring (bicyclic) bond motifs is 1. The molecule has 114 valence electrons. The quantitative estimate of drug-likeness (QED) is 0.696. The average molecular weight is 302 g/mol. The van der Waals surface area contributed by atoms with Crippen molar-refractivity contribution in [3.05, 3.63) is 76.1 Å². The Kier molecular flexibility index (Phi) is 4.06. The van der Waals surface area contributed by atoms with Gasteiger partial charge in [0.2, 0.25) is 0 Å². The third kappa shape index (κ3) is 2.68. The number of rotatable bonds is 2. The van der Waals surface area contributed by atoms with Gasteiger partial charge in [0.05, 0.1) is 0 Å². The Morgan fingerprint density at radius 1 is 1.05 bits per heavy atom. The van der Waals surface area contributed by atoms with Crippen LogP contribution in [-0.2, 0) is 12.8 Å². The van der Waals surface area contributed by atoms with Crippen molar-refractivity contribution < 1.29 is 13.2 Å². The molecule has 3 heteroatoms. The molecule has 0 saturated heterocycles. The Morgan fingerprint density at radius 3 is 2.59 bits per heavy atom. The molecule has 0 aliphatic heterocycles. The van der Waals surface area contributed by atoms with E-state index in [0.29, 0.717) is 30.4 Å². The van der Waals surface area contributed by atoms with E-state index in [1.165, 1.54) is 6.07 Å². The minimum Gasteiger partial charge on any atom is -0.207 e. The van der Waals surface area contributed by atoms with Crippen molar-refractivity contribution in [3.63, 3.8) is 0 Å². The predicted molar refractivity (Wildman–Crippen MR) is 82.2 cm³/mol. The number of hydrogen-bond donors (Lipinski definition) is 0. The summed E-state index contributed by atoms with van der Waals surface area (Å²) in [7, 11) is 0. The third-order valence-corrected chi connectivity index (χ3v) is 4.33. The Bertz CT molecular complexity index is 732. The fourth-order valence-electron chi connectivity index (χ4n) is 3.22. The number of hydrogen-bond acceptors (Lipinski definition) is 0. The standard InChI is InChI=1S/C19H17F3/c1-2-3-12-4-7-15(18(21)10-12)13-5-8-16-14(11-13)6-9-17(20)19(16)22/h2-4,6-7,9-10,13H,5,8,11H2,1H3/b3-2+. The van der Waals surface area contributed by atoms with Crippen LogP contribution in [0.15, 0.2) is 36.4 Å². The molecule has 1 unspecified atom stereocenters. The van der Waals surface area contributed by atoms with E-state index in [0.717, 1.165) is 17.2 Å². The summed E-state index contributed by atoms with van der Waals surface area (Å²) in [6.45, 7) is 1.89. The molecule has 3 rings (SSSR count). The van der Waals surface area contributed by atoms with Gasteiger partial charge in [-0.25, -0.2) is 13.2 Å². The maximum atomic E-state index is 14.3. The van der Waals surface area contributed by atoms with E-state index in [9.17, 15) is 13.2 Å². The molecule has 1 atom stereocenters. The molecule has 0 N–H and O–H groups in total. The molecule has 0 bridgehead atoms. The van der Waals surface area contributed by atoms with E-state index in [4.69, 9.17) is 0 Å². The lowest BCUT2D eigenvalue weighted by molar-refractivity contribution is 0.473. The van der Waals surface area contributed by atoms with Crippen LogP contribution >= 0.6 is 0 Å². The van der Waals surface area contributed by atoms with Crippen LogP contribution in [0.1, 0.15) is 41.5 Å². The molecular formula is C19H17F3. The van der Waals surface area contributed by atoms with Crippen molar-refractivity contribution in [3.8, 4) is 0 Å². The van der Waals surface area contributed by atoms with Crippen LogP contribution < -0.4 is 0 Å². The topological polar surface area (TPSA) is 0 Å². The highest BCUT2D eigenvalue weighted by Crippen LogP contribution is 2.35. The highest BCUT2D eigenvalue weighted by atomic mass is 19.2. The third-order valence-electron chi connectivity index (χ3n) is 4.33. The molecule has 0 heterocycles. The van der Waals surface area contributed by atoms with Crippen LogP contribution in [0.25, 0.3) is 6.08 Å². The van der Waals surface area contributed by atoms with Crippen molar-refractivity contribution in [1.82, 2.24) is 0 Å². The van der Waals surface area contributed by atoms with E-state index in [-0.39, 0.29) is 11.7 Å². The summed E-state index contributed by atoms with van der Waals surface area (Å²) >= 11 is 0. The molecule has 0 fully saturated rings. The number of allylic oxidation sites excluding steroid dienone is 1. The predicted octanol–water partition coefficient (Wildman–Crippen LogP) is 5.41. The van der Waals surface area contributed by atoms with Crippen LogP contribution in [0, 0.1) is 17.5 Å². The van der Waals surface area contributed by atoms with Crippen LogP contribution in [0.3, 0.4) is 0 Å². The minimum absolute atomic E-state index is 0.0111. The van der Waals surface area contributed by atoms with Crippen LogP contribution in [-0.4, -0.2) is 0 Å². The van der Waals surface area contributed by atoms with Crippen LogP contribution in [0.4, 0.5) is 13.2 Å². The molecule has 0 amide bonds. The summed E-state index contributed by atoms with van der Waals surface area (Å²) in [5.74, 6) is -1.78. The highest BCUT2D eigenvalue weighted by molar-refractivity contribution is 5.50. The zero-order chi connectivity index (χ0) is 15.7. The van der Waals surface area contributed by atoms with E-state index in [2.05, 4.69) is 0 Å². The molecular weight excluding hydrogens is 285 g/mol. The lowest BCUT2D eigenvalue weighted by Crippen LogP contribution is -2.16. The Hall–Kier alpha value is -2.03. The van der Waals surface area contributed by atoms with E-state index in [1.54, 1.807) is 12.1 Å². The summed E-state index contributed by atoms with van der Waals surface area (Å²) in [5.41, 5.74) is 2.71. The summed E-state index contributed by atoms with van der Waals surface area (Å²) in [4.78, 5) is 0. The zero-order valence-corrected chi connectivity index (χ0v) is 12.4. The van der Waals surface area contributed by atoms with Crippen molar-refractivity contribution in [1.29, 1.82) is 0 Å². The van der Waals surface area contributed by atoms with Crippen LogP contribution in [0.5, 0.6) is 0 Å². The first-order chi connectivity index (χ1) is 10.6. The van der Waals surface area contributed by atoms with Crippen molar-refractivity contribution in [2.24, 2.45) is 0 Å². The Labute approximate surface area is 128 Å². The fraction of sp³-hybridized carbons (Fsp3) is 0.263. The molecule has 1 aliphatic rings. The Balaban J connectivity index is 1.90. The van der Waals surface area contributed by atoms with Gasteiger partial charge in [-0.1, -0.05) is 30.4 Å². The zero-order valence-electron chi connectivity index (χ0n) is 12.4. The fourth-order valence-corrected chi connectivity index (χ4v) is 3.22. The maximum absolute atomic E-state index is 14.3. The second-order valence-corrected chi connectivity index (χ2v) is 5.72. The molecule has 0 radical (unpaired) electrons. The van der Waals surface area contributed by atoms with Gasteiger partial charge in [-0.05, 0) is 66.5 Å². The van der Waals surface area contributed by atoms with Gasteiger partial charge in [-0.3, -0.25) is 0 Å². The largest absolute Gasteiger partial charge is 0.207 e. The summed E-state index contributed by atoms with van der Waals surface area (Å²) < 4.78 is 41.3. The van der Waals surface area contributed by atoms with Crippen molar-refractivity contribution in [2.45, 2.75) is 32.1 Å². The molecule has 0 aromatic heterocycles. The molecule has 0 nitrogen and oxygen atoms in total. The lowest BCUT2D eigenvalue weighted by Gasteiger charge is -2.25. The molecule has 0 spiro atoms. The van der Waals surface area contributed by atoms with Gasteiger partial charge < -0.3 is 0 Å². The first-order valence-electron chi connectivity index (χ1n) is 7.48. The second-order valence-electron chi connectivity index (χ2n) is 5.72. The average Bonchev–Trinajstić information content (AvgIpc) is 2.51. The number of benzene rings is 2. The second kappa shape index (κ2) is 5.99. The van der Waals surface area contributed by atoms with Crippen molar-refractivity contribution >= 4 is 6.08 Å². The highest BCUT2D eigenvalue weighted by Gasteiger charge is 2.25. The van der Waals surface area contributed by atoms with E-state index in [1.807, 2.05) is 25.1 Å². The summed E-state index contributed by atoms with van der Waals surface area (Å²) in [5, 5.41) is 0. The Morgan fingerprint density at radius 2 is 1.86 bits per heavy atom. The number of halogens is 3.